The van der Waals surface area contributed by atoms with E-state index in [1.165, 1.54) is 5.56 Å². The second kappa shape index (κ2) is 8.31. The summed E-state index contributed by atoms with van der Waals surface area (Å²) in [6.45, 7) is 7.24. The van der Waals surface area contributed by atoms with Crippen molar-refractivity contribution in [2.45, 2.75) is 32.2 Å². The number of hydrogen-bond donors (Lipinski definition) is 0. The molecule has 4 fully saturated rings. The lowest BCUT2D eigenvalue weighted by Crippen LogP contribution is -2.65. The van der Waals surface area contributed by atoms with Gasteiger partial charge in [-0.2, -0.15) is 0 Å². The zero-order chi connectivity index (χ0) is 20.6. The molecule has 0 radical (unpaired) electrons. The number of ether oxygens (including phenoxy) is 1. The molecule has 0 aromatic heterocycles. The number of likely N-dealkylation sites (tertiary alicyclic amines) is 3. The van der Waals surface area contributed by atoms with Gasteiger partial charge in [-0.25, -0.2) is 0 Å². The van der Waals surface area contributed by atoms with Crippen molar-refractivity contribution in [2.75, 3.05) is 52.5 Å². The Kier molecular flexibility index (Phi) is 5.54. The maximum atomic E-state index is 13.4. The SMILES string of the molecule is O=C(C1CCOCC1)N1CC2(CN(Cc3ccccc3)CC2C(=O)N2CCCC2)C1. The van der Waals surface area contributed by atoms with Crippen molar-refractivity contribution < 1.29 is 14.3 Å². The lowest BCUT2D eigenvalue weighted by molar-refractivity contribution is -0.158. The number of carbonyl (C=O) groups excluding carboxylic acids is 2. The Bertz CT molecular complexity index is 765. The van der Waals surface area contributed by atoms with Gasteiger partial charge in [-0.1, -0.05) is 30.3 Å². The zero-order valence-corrected chi connectivity index (χ0v) is 17.8. The predicted molar refractivity (Wildman–Crippen MR) is 114 cm³/mol. The Morgan fingerprint density at radius 3 is 2.33 bits per heavy atom. The zero-order valence-electron chi connectivity index (χ0n) is 17.8. The second-order valence-corrected chi connectivity index (χ2v) is 9.68. The fourth-order valence-corrected chi connectivity index (χ4v) is 5.92. The minimum absolute atomic E-state index is 0.0121. The summed E-state index contributed by atoms with van der Waals surface area (Å²) in [5, 5.41) is 0. The minimum Gasteiger partial charge on any atom is -0.381 e. The molecule has 30 heavy (non-hydrogen) atoms. The van der Waals surface area contributed by atoms with E-state index in [2.05, 4.69) is 34.1 Å². The van der Waals surface area contributed by atoms with Crippen LogP contribution in [0.3, 0.4) is 0 Å². The van der Waals surface area contributed by atoms with Crippen LogP contribution in [0.25, 0.3) is 0 Å². The molecule has 1 aromatic rings. The lowest BCUT2D eigenvalue weighted by atomic mass is 9.70. The molecule has 1 unspecified atom stereocenters. The van der Waals surface area contributed by atoms with Gasteiger partial charge in [-0.15, -0.1) is 0 Å². The van der Waals surface area contributed by atoms with Crippen molar-refractivity contribution in [2.24, 2.45) is 17.3 Å². The molecule has 1 aromatic carbocycles. The lowest BCUT2D eigenvalue weighted by Gasteiger charge is -2.52. The van der Waals surface area contributed by atoms with Crippen LogP contribution in [0.5, 0.6) is 0 Å². The molecule has 162 valence electrons. The molecule has 0 bridgehead atoms. The van der Waals surface area contributed by atoms with Gasteiger partial charge < -0.3 is 14.5 Å². The maximum Gasteiger partial charge on any atom is 0.227 e. The van der Waals surface area contributed by atoms with Gasteiger partial charge >= 0.3 is 0 Å². The summed E-state index contributed by atoms with van der Waals surface area (Å²) in [5.41, 5.74) is 1.21. The number of benzene rings is 1. The molecule has 6 nitrogen and oxygen atoms in total. The predicted octanol–water partition coefficient (Wildman–Crippen LogP) is 2.00. The van der Waals surface area contributed by atoms with Crippen molar-refractivity contribution >= 4 is 11.8 Å². The quantitative estimate of drug-likeness (QED) is 0.761. The molecule has 1 atom stereocenters. The molecular weight excluding hydrogens is 378 g/mol. The average molecular weight is 412 g/mol. The van der Waals surface area contributed by atoms with Gasteiger partial charge in [-0.3, -0.25) is 14.5 Å². The molecule has 1 spiro atoms. The Morgan fingerprint density at radius 1 is 0.933 bits per heavy atom. The summed E-state index contributed by atoms with van der Waals surface area (Å²) in [6, 6.07) is 10.5. The van der Waals surface area contributed by atoms with Gasteiger partial charge in [0.05, 0.1) is 5.92 Å². The van der Waals surface area contributed by atoms with E-state index in [1.54, 1.807) is 0 Å². The summed E-state index contributed by atoms with van der Waals surface area (Å²) >= 11 is 0. The molecule has 4 heterocycles. The summed E-state index contributed by atoms with van der Waals surface area (Å²) in [6.07, 6.45) is 3.90. The third-order valence-corrected chi connectivity index (χ3v) is 7.58. The number of nitrogens with zero attached hydrogens (tertiary/aromatic N) is 3. The van der Waals surface area contributed by atoms with E-state index in [0.717, 1.165) is 71.5 Å². The number of hydrogen-bond acceptors (Lipinski definition) is 4. The normalized spacial score (nSPS) is 26.9. The largest absolute Gasteiger partial charge is 0.381 e. The average Bonchev–Trinajstić information content (AvgIpc) is 3.41. The summed E-state index contributed by atoms with van der Waals surface area (Å²) in [5.74, 6) is 0.711. The highest BCUT2D eigenvalue weighted by Gasteiger charge is 2.58. The monoisotopic (exact) mass is 411 g/mol. The van der Waals surface area contributed by atoms with Crippen LogP contribution in [0, 0.1) is 17.3 Å². The van der Waals surface area contributed by atoms with Crippen LogP contribution in [-0.4, -0.2) is 79.0 Å². The Balaban J connectivity index is 1.29. The van der Waals surface area contributed by atoms with Crippen LogP contribution < -0.4 is 0 Å². The molecule has 5 rings (SSSR count). The van der Waals surface area contributed by atoms with E-state index in [4.69, 9.17) is 4.74 Å². The van der Waals surface area contributed by atoms with Gasteiger partial charge in [-0.05, 0) is 31.2 Å². The van der Waals surface area contributed by atoms with Crippen molar-refractivity contribution in [1.29, 1.82) is 0 Å². The van der Waals surface area contributed by atoms with Gasteiger partial charge in [0, 0.05) is 70.4 Å². The molecule has 6 heteroatoms. The van der Waals surface area contributed by atoms with E-state index in [0.29, 0.717) is 19.1 Å². The van der Waals surface area contributed by atoms with E-state index in [-0.39, 0.29) is 23.2 Å². The number of carbonyl (C=O) groups is 2. The maximum absolute atomic E-state index is 13.4. The Hall–Kier alpha value is -1.92. The van der Waals surface area contributed by atoms with Crippen molar-refractivity contribution in [1.82, 2.24) is 14.7 Å². The fourth-order valence-electron chi connectivity index (χ4n) is 5.92. The van der Waals surface area contributed by atoms with Crippen molar-refractivity contribution in [3.05, 3.63) is 35.9 Å². The fraction of sp³-hybridized carbons (Fsp3) is 0.667. The third-order valence-electron chi connectivity index (χ3n) is 7.58. The molecule has 0 aliphatic carbocycles. The van der Waals surface area contributed by atoms with E-state index in [1.807, 2.05) is 11.0 Å². The highest BCUT2D eigenvalue weighted by atomic mass is 16.5. The minimum atomic E-state index is -0.0741. The van der Waals surface area contributed by atoms with Gasteiger partial charge in [0.15, 0.2) is 0 Å². The van der Waals surface area contributed by atoms with Crippen molar-refractivity contribution in [3.63, 3.8) is 0 Å². The number of amides is 2. The Labute approximate surface area is 179 Å². The standard InChI is InChI=1S/C24H33N3O3/c28-22(20-8-12-30-13-9-20)27-17-24(18-27)16-25(14-19-6-2-1-3-7-19)15-21(24)23(29)26-10-4-5-11-26/h1-3,6-7,20-21H,4-5,8-18H2. The molecular formula is C24H33N3O3. The first kappa shape index (κ1) is 20.0. The molecule has 0 saturated carbocycles. The van der Waals surface area contributed by atoms with Gasteiger partial charge in [0.2, 0.25) is 11.8 Å². The van der Waals surface area contributed by atoms with E-state index >= 15 is 0 Å². The van der Waals surface area contributed by atoms with Crippen LogP contribution in [0.1, 0.15) is 31.2 Å². The van der Waals surface area contributed by atoms with Crippen LogP contribution >= 0.6 is 0 Å². The smallest absolute Gasteiger partial charge is 0.227 e. The third kappa shape index (κ3) is 3.76. The van der Waals surface area contributed by atoms with Crippen molar-refractivity contribution in [3.8, 4) is 0 Å². The first-order chi connectivity index (χ1) is 14.6. The van der Waals surface area contributed by atoms with Crippen LogP contribution in [0.2, 0.25) is 0 Å². The first-order valence-corrected chi connectivity index (χ1v) is 11.6. The highest BCUT2D eigenvalue weighted by Crippen LogP contribution is 2.46. The molecule has 4 aliphatic heterocycles. The molecule has 4 saturated heterocycles. The summed E-state index contributed by atoms with van der Waals surface area (Å²) in [4.78, 5) is 32.9. The van der Waals surface area contributed by atoms with Crippen LogP contribution in [0.15, 0.2) is 30.3 Å². The van der Waals surface area contributed by atoms with Gasteiger partial charge in [0.25, 0.3) is 0 Å². The van der Waals surface area contributed by atoms with Crippen LogP contribution in [0.4, 0.5) is 0 Å². The summed E-state index contributed by atoms with van der Waals surface area (Å²) < 4.78 is 5.42. The molecule has 4 aliphatic rings. The Morgan fingerprint density at radius 2 is 1.63 bits per heavy atom. The molecule has 2 amide bonds. The number of rotatable bonds is 4. The highest BCUT2D eigenvalue weighted by molar-refractivity contribution is 5.83. The second-order valence-electron chi connectivity index (χ2n) is 9.68. The molecule has 0 N–H and O–H groups in total. The van der Waals surface area contributed by atoms with E-state index < -0.39 is 0 Å². The first-order valence-electron chi connectivity index (χ1n) is 11.6. The van der Waals surface area contributed by atoms with E-state index in [9.17, 15) is 9.59 Å². The summed E-state index contributed by atoms with van der Waals surface area (Å²) in [7, 11) is 0. The van der Waals surface area contributed by atoms with Gasteiger partial charge in [0.1, 0.15) is 0 Å². The van der Waals surface area contributed by atoms with Crippen LogP contribution in [-0.2, 0) is 20.9 Å². The topological polar surface area (TPSA) is 53.1 Å².